The molecule has 0 amide bonds. The fraction of sp³-hybridized carbons (Fsp3) is 0.471. The van der Waals surface area contributed by atoms with Crippen molar-refractivity contribution in [2.45, 2.75) is 32.6 Å². The van der Waals surface area contributed by atoms with E-state index in [2.05, 4.69) is 48.0 Å². The summed E-state index contributed by atoms with van der Waals surface area (Å²) in [5.74, 6) is 0.645. The molecule has 2 heterocycles. The van der Waals surface area contributed by atoms with Crippen molar-refractivity contribution in [3.8, 4) is 0 Å². The van der Waals surface area contributed by atoms with Gasteiger partial charge in [0.05, 0.1) is 5.52 Å². The van der Waals surface area contributed by atoms with Crippen LogP contribution in [0.25, 0.3) is 10.9 Å². The van der Waals surface area contributed by atoms with Crippen LogP contribution in [-0.2, 0) is 0 Å². The lowest BCUT2D eigenvalue weighted by atomic mass is 9.88. The van der Waals surface area contributed by atoms with Gasteiger partial charge in [-0.15, -0.1) is 0 Å². The van der Waals surface area contributed by atoms with E-state index in [4.69, 9.17) is 0 Å². The molecule has 1 aliphatic heterocycles. The van der Waals surface area contributed by atoms with E-state index >= 15 is 0 Å². The Hall–Kier alpha value is -1.41. The first-order valence-corrected chi connectivity index (χ1v) is 7.36. The molecule has 1 aliphatic rings. The number of hydrogen-bond acceptors (Lipinski definition) is 2. The smallest absolute Gasteiger partial charge is 0.0739 e. The molecule has 0 aliphatic carbocycles. The lowest BCUT2D eigenvalue weighted by molar-refractivity contribution is 0.218. The zero-order chi connectivity index (χ0) is 13.2. The summed E-state index contributed by atoms with van der Waals surface area (Å²) in [6, 6.07) is 8.77. The molecule has 2 aromatic rings. The minimum absolute atomic E-state index is 0.645. The Morgan fingerprint density at radius 1 is 1.32 bits per heavy atom. The van der Waals surface area contributed by atoms with Crippen LogP contribution in [0.4, 0.5) is 0 Å². The van der Waals surface area contributed by atoms with Crippen LogP contribution in [-0.4, -0.2) is 29.5 Å². The number of piperidine rings is 1. The summed E-state index contributed by atoms with van der Waals surface area (Å²) in [4.78, 5) is 7.21. The van der Waals surface area contributed by atoms with Crippen molar-refractivity contribution in [3.05, 3.63) is 41.6 Å². The minimum Gasteiger partial charge on any atom is -0.303 e. The predicted molar refractivity (Wildman–Crippen MR) is 80.6 cm³/mol. The predicted octanol–water partition coefficient (Wildman–Crippen LogP) is 3.74. The Labute approximate surface area is 115 Å². The van der Waals surface area contributed by atoms with Crippen LogP contribution in [0.3, 0.4) is 0 Å². The van der Waals surface area contributed by atoms with Gasteiger partial charge in [-0.05, 0) is 56.0 Å². The van der Waals surface area contributed by atoms with Gasteiger partial charge in [-0.3, -0.25) is 4.98 Å². The number of fused-ring (bicyclic) bond motifs is 1. The second kappa shape index (κ2) is 5.30. The van der Waals surface area contributed by atoms with E-state index in [1.54, 1.807) is 0 Å². The summed E-state index contributed by atoms with van der Waals surface area (Å²) in [7, 11) is 0. The highest BCUT2D eigenvalue weighted by molar-refractivity contribution is 5.85. The molecule has 0 radical (unpaired) electrons. The van der Waals surface area contributed by atoms with E-state index in [1.165, 1.54) is 48.0 Å². The maximum absolute atomic E-state index is 4.65. The fourth-order valence-electron chi connectivity index (χ4n) is 3.26. The third-order valence-corrected chi connectivity index (χ3v) is 4.41. The standard InChI is InChI=1S/C17H22N2/c1-3-19-11-5-6-14(12-19)16-8-4-7-15-13(2)9-10-18-17(15)16/h4,7-10,14H,3,5-6,11-12H2,1-2H3. The van der Waals surface area contributed by atoms with Gasteiger partial charge in [0.25, 0.3) is 0 Å². The number of aryl methyl sites for hydroxylation is 1. The molecule has 1 aromatic carbocycles. The van der Waals surface area contributed by atoms with Crippen LogP contribution in [0.5, 0.6) is 0 Å². The zero-order valence-corrected chi connectivity index (χ0v) is 11.9. The average Bonchev–Trinajstić information content (AvgIpc) is 2.47. The van der Waals surface area contributed by atoms with Crippen molar-refractivity contribution < 1.29 is 0 Å². The van der Waals surface area contributed by atoms with Crippen molar-refractivity contribution in [1.29, 1.82) is 0 Å². The number of pyridine rings is 1. The number of nitrogens with zero attached hydrogens (tertiary/aromatic N) is 2. The molecule has 2 nitrogen and oxygen atoms in total. The third kappa shape index (κ3) is 2.37. The van der Waals surface area contributed by atoms with E-state index in [1.807, 2.05) is 6.20 Å². The van der Waals surface area contributed by atoms with E-state index in [-0.39, 0.29) is 0 Å². The number of benzene rings is 1. The second-order valence-electron chi connectivity index (χ2n) is 5.60. The molecule has 1 saturated heterocycles. The normalized spacial score (nSPS) is 20.8. The zero-order valence-electron chi connectivity index (χ0n) is 11.9. The van der Waals surface area contributed by atoms with Gasteiger partial charge in [0, 0.05) is 18.1 Å². The van der Waals surface area contributed by atoms with Gasteiger partial charge in [-0.25, -0.2) is 0 Å². The van der Waals surface area contributed by atoms with Crippen LogP contribution < -0.4 is 0 Å². The molecular weight excluding hydrogens is 232 g/mol. The Kier molecular flexibility index (Phi) is 3.52. The van der Waals surface area contributed by atoms with Crippen molar-refractivity contribution >= 4 is 10.9 Å². The van der Waals surface area contributed by atoms with Crippen molar-refractivity contribution in [2.24, 2.45) is 0 Å². The molecule has 1 unspecified atom stereocenters. The second-order valence-corrected chi connectivity index (χ2v) is 5.60. The first kappa shape index (κ1) is 12.6. The molecule has 100 valence electrons. The van der Waals surface area contributed by atoms with E-state index < -0.39 is 0 Å². The van der Waals surface area contributed by atoms with Gasteiger partial charge >= 0.3 is 0 Å². The van der Waals surface area contributed by atoms with Crippen LogP contribution >= 0.6 is 0 Å². The highest BCUT2D eigenvalue weighted by Gasteiger charge is 2.22. The van der Waals surface area contributed by atoms with Gasteiger partial charge < -0.3 is 4.90 Å². The van der Waals surface area contributed by atoms with Crippen LogP contribution in [0.2, 0.25) is 0 Å². The molecule has 1 aromatic heterocycles. The van der Waals surface area contributed by atoms with E-state index in [0.29, 0.717) is 5.92 Å². The van der Waals surface area contributed by atoms with Crippen molar-refractivity contribution in [1.82, 2.24) is 9.88 Å². The van der Waals surface area contributed by atoms with E-state index in [0.717, 1.165) is 6.54 Å². The first-order valence-electron chi connectivity index (χ1n) is 7.36. The number of para-hydroxylation sites is 1. The number of likely N-dealkylation sites (N-methyl/N-ethyl adjacent to an activating group) is 1. The highest BCUT2D eigenvalue weighted by atomic mass is 15.1. The van der Waals surface area contributed by atoms with Gasteiger partial charge in [0.2, 0.25) is 0 Å². The molecule has 19 heavy (non-hydrogen) atoms. The molecule has 0 spiro atoms. The summed E-state index contributed by atoms with van der Waals surface area (Å²) in [5, 5.41) is 1.31. The Bertz CT molecular complexity index is 576. The number of hydrogen-bond donors (Lipinski definition) is 0. The van der Waals surface area contributed by atoms with Gasteiger partial charge in [0.15, 0.2) is 0 Å². The average molecular weight is 254 g/mol. The molecule has 1 atom stereocenters. The Morgan fingerprint density at radius 3 is 3.05 bits per heavy atom. The molecule has 0 saturated carbocycles. The van der Waals surface area contributed by atoms with E-state index in [9.17, 15) is 0 Å². The maximum atomic E-state index is 4.65. The maximum Gasteiger partial charge on any atom is 0.0739 e. The molecule has 0 N–H and O–H groups in total. The van der Waals surface area contributed by atoms with Crippen LogP contribution in [0.1, 0.15) is 36.8 Å². The third-order valence-electron chi connectivity index (χ3n) is 4.41. The molecule has 3 rings (SSSR count). The minimum atomic E-state index is 0.645. The fourth-order valence-corrected chi connectivity index (χ4v) is 3.26. The van der Waals surface area contributed by atoms with Gasteiger partial charge in [-0.1, -0.05) is 25.1 Å². The molecule has 2 heteroatoms. The molecule has 0 bridgehead atoms. The highest BCUT2D eigenvalue weighted by Crippen LogP contribution is 2.31. The lowest BCUT2D eigenvalue weighted by Crippen LogP contribution is -2.34. The number of aromatic nitrogens is 1. The summed E-state index contributed by atoms with van der Waals surface area (Å²) < 4.78 is 0. The van der Waals surface area contributed by atoms with Crippen LogP contribution in [0.15, 0.2) is 30.5 Å². The van der Waals surface area contributed by atoms with Crippen molar-refractivity contribution in [3.63, 3.8) is 0 Å². The summed E-state index contributed by atoms with van der Waals surface area (Å²) >= 11 is 0. The monoisotopic (exact) mass is 254 g/mol. The number of rotatable bonds is 2. The summed E-state index contributed by atoms with van der Waals surface area (Å²) in [5.41, 5.74) is 3.99. The quantitative estimate of drug-likeness (QED) is 0.811. The largest absolute Gasteiger partial charge is 0.303 e. The van der Waals surface area contributed by atoms with Gasteiger partial charge in [-0.2, -0.15) is 0 Å². The van der Waals surface area contributed by atoms with Crippen LogP contribution in [0, 0.1) is 6.92 Å². The lowest BCUT2D eigenvalue weighted by Gasteiger charge is -2.32. The SMILES string of the molecule is CCN1CCCC(c2cccc3c(C)ccnc23)C1. The number of likely N-dealkylation sites (tertiary alicyclic amines) is 1. The van der Waals surface area contributed by atoms with Crippen molar-refractivity contribution in [2.75, 3.05) is 19.6 Å². The topological polar surface area (TPSA) is 16.1 Å². The summed E-state index contributed by atoms with van der Waals surface area (Å²) in [6.45, 7) is 8.03. The first-order chi connectivity index (χ1) is 9.29. The molecular formula is C17H22N2. The summed E-state index contributed by atoms with van der Waals surface area (Å²) in [6.07, 6.45) is 4.55. The Balaban J connectivity index is 2.03. The molecule has 1 fully saturated rings. The van der Waals surface area contributed by atoms with Gasteiger partial charge in [0.1, 0.15) is 0 Å². The Morgan fingerprint density at radius 2 is 2.21 bits per heavy atom.